The Labute approximate surface area is 151 Å². The number of nitrogens with zero attached hydrogens (tertiary/aromatic N) is 2. The smallest absolute Gasteiger partial charge is 0.263 e. The zero-order valence-electron chi connectivity index (χ0n) is 14.3. The summed E-state index contributed by atoms with van der Waals surface area (Å²) >= 11 is 1.46. The third-order valence-corrected chi connectivity index (χ3v) is 5.07. The number of hydrogen-bond acceptors (Lipinski definition) is 4. The molecule has 0 spiro atoms. The highest BCUT2D eigenvalue weighted by Gasteiger charge is 2.23. The summed E-state index contributed by atoms with van der Waals surface area (Å²) in [5.41, 5.74) is 0.654. The normalized spacial score (nSPS) is 14.9. The minimum atomic E-state index is 0.00784. The Bertz CT molecular complexity index is 713. The van der Waals surface area contributed by atoms with E-state index in [1.807, 2.05) is 46.4 Å². The largest absolute Gasteiger partial charge is 0.494 e. The van der Waals surface area contributed by atoms with Crippen LogP contribution >= 0.6 is 11.3 Å². The number of carbonyl (C=O) groups is 2. The van der Waals surface area contributed by atoms with Crippen molar-refractivity contribution >= 4 is 23.2 Å². The van der Waals surface area contributed by atoms with Crippen molar-refractivity contribution in [3.8, 4) is 5.75 Å². The zero-order valence-corrected chi connectivity index (χ0v) is 15.1. The van der Waals surface area contributed by atoms with E-state index in [1.165, 1.54) is 11.3 Å². The van der Waals surface area contributed by atoms with E-state index >= 15 is 0 Å². The van der Waals surface area contributed by atoms with Crippen molar-refractivity contribution in [3.63, 3.8) is 0 Å². The van der Waals surface area contributed by atoms with Gasteiger partial charge < -0.3 is 14.5 Å². The van der Waals surface area contributed by atoms with Gasteiger partial charge in [0.05, 0.1) is 11.5 Å². The fourth-order valence-electron chi connectivity index (χ4n) is 2.92. The van der Waals surface area contributed by atoms with Gasteiger partial charge in [-0.25, -0.2) is 0 Å². The van der Waals surface area contributed by atoms with Crippen molar-refractivity contribution in [3.05, 3.63) is 52.2 Å². The number of rotatable bonds is 4. The van der Waals surface area contributed by atoms with Crippen LogP contribution < -0.4 is 4.74 Å². The molecule has 25 heavy (non-hydrogen) atoms. The van der Waals surface area contributed by atoms with Crippen LogP contribution in [0.25, 0.3) is 0 Å². The van der Waals surface area contributed by atoms with Gasteiger partial charge in [0.2, 0.25) is 0 Å². The van der Waals surface area contributed by atoms with Crippen LogP contribution in [0.1, 0.15) is 33.4 Å². The summed E-state index contributed by atoms with van der Waals surface area (Å²) in [6.45, 7) is 5.01. The number of ether oxygens (including phenoxy) is 1. The Morgan fingerprint density at radius 2 is 1.68 bits per heavy atom. The number of carbonyl (C=O) groups excluding carboxylic acids is 2. The summed E-state index contributed by atoms with van der Waals surface area (Å²) in [4.78, 5) is 29.6. The van der Waals surface area contributed by atoms with Crippen molar-refractivity contribution in [1.82, 2.24) is 9.80 Å². The molecule has 1 fully saturated rings. The number of thiophene rings is 1. The monoisotopic (exact) mass is 358 g/mol. The molecule has 6 heteroatoms. The van der Waals surface area contributed by atoms with Crippen LogP contribution in [0.2, 0.25) is 0 Å². The molecule has 0 unspecified atom stereocenters. The molecule has 0 saturated carbocycles. The fourth-order valence-corrected chi connectivity index (χ4v) is 3.61. The summed E-state index contributed by atoms with van der Waals surface area (Å²) in [6, 6.07) is 11.0. The predicted molar refractivity (Wildman–Crippen MR) is 98.4 cm³/mol. The highest BCUT2D eigenvalue weighted by Crippen LogP contribution is 2.17. The first kappa shape index (κ1) is 17.5. The second kappa shape index (κ2) is 8.16. The van der Waals surface area contributed by atoms with E-state index in [4.69, 9.17) is 4.74 Å². The Morgan fingerprint density at radius 1 is 1.00 bits per heavy atom. The first-order valence-electron chi connectivity index (χ1n) is 8.54. The molecule has 2 aromatic rings. The molecule has 2 heterocycles. The maximum Gasteiger partial charge on any atom is 0.263 e. The Balaban J connectivity index is 1.62. The lowest BCUT2D eigenvalue weighted by atomic mass is 10.2. The van der Waals surface area contributed by atoms with E-state index < -0.39 is 0 Å². The van der Waals surface area contributed by atoms with E-state index in [9.17, 15) is 9.59 Å². The quantitative estimate of drug-likeness (QED) is 0.844. The standard InChI is InChI=1S/C19H22N2O3S/c1-2-24-16-8-6-15(7-9-16)18(22)20-10-4-11-21(13-12-20)19(23)17-5-3-14-25-17/h3,5-9,14H,2,4,10-13H2,1H3. The van der Waals surface area contributed by atoms with Crippen molar-refractivity contribution in [2.75, 3.05) is 32.8 Å². The molecule has 0 bridgehead atoms. The molecule has 1 aliphatic heterocycles. The van der Waals surface area contributed by atoms with Crippen molar-refractivity contribution in [2.45, 2.75) is 13.3 Å². The van der Waals surface area contributed by atoms with Crippen molar-refractivity contribution < 1.29 is 14.3 Å². The topological polar surface area (TPSA) is 49.9 Å². The summed E-state index contributed by atoms with van der Waals surface area (Å²) < 4.78 is 5.41. The SMILES string of the molecule is CCOc1ccc(C(=O)N2CCCN(C(=O)c3cccs3)CC2)cc1. The van der Waals surface area contributed by atoms with Gasteiger partial charge in [-0.1, -0.05) is 6.07 Å². The molecule has 1 saturated heterocycles. The second-order valence-electron chi connectivity index (χ2n) is 5.87. The van der Waals surface area contributed by atoms with Gasteiger partial charge in [-0.3, -0.25) is 9.59 Å². The number of hydrogen-bond donors (Lipinski definition) is 0. The maximum absolute atomic E-state index is 12.7. The molecule has 1 aromatic carbocycles. The molecule has 0 radical (unpaired) electrons. The predicted octanol–water partition coefficient (Wildman–Crippen LogP) is 3.14. The van der Waals surface area contributed by atoms with Crippen LogP contribution in [0.3, 0.4) is 0 Å². The molecular formula is C19H22N2O3S. The first-order valence-corrected chi connectivity index (χ1v) is 9.42. The van der Waals surface area contributed by atoms with E-state index in [1.54, 1.807) is 12.1 Å². The number of amides is 2. The third-order valence-electron chi connectivity index (χ3n) is 4.21. The second-order valence-corrected chi connectivity index (χ2v) is 6.82. The minimum absolute atomic E-state index is 0.00784. The Morgan fingerprint density at radius 3 is 2.28 bits per heavy atom. The van der Waals surface area contributed by atoms with Gasteiger partial charge in [-0.15, -0.1) is 11.3 Å². The Hall–Kier alpha value is -2.34. The van der Waals surface area contributed by atoms with Crippen LogP contribution in [0.15, 0.2) is 41.8 Å². The van der Waals surface area contributed by atoms with E-state index in [2.05, 4.69) is 0 Å². The van der Waals surface area contributed by atoms with E-state index in [0.29, 0.717) is 38.3 Å². The molecule has 1 aliphatic rings. The van der Waals surface area contributed by atoms with E-state index in [-0.39, 0.29) is 11.8 Å². The molecule has 1 aromatic heterocycles. The molecule has 5 nitrogen and oxygen atoms in total. The highest BCUT2D eigenvalue weighted by molar-refractivity contribution is 7.12. The van der Waals surface area contributed by atoms with Crippen LogP contribution in [-0.4, -0.2) is 54.4 Å². The van der Waals surface area contributed by atoms with Gasteiger partial charge in [0.1, 0.15) is 5.75 Å². The van der Waals surface area contributed by atoms with Crippen molar-refractivity contribution in [1.29, 1.82) is 0 Å². The maximum atomic E-state index is 12.7. The fraction of sp³-hybridized carbons (Fsp3) is 0.368. The van der Waals surface area contributed by atoms with Gasteiger partial charge in [-0.05, 0) is 49.1 Å². The van der Waals surface area contributed by atoms with E-state index in [0.717, 1.165) is 17.0 Å². The van der Waals surface area contributed by atoms with Crippen LogP contribution in [-0.2, 0) is 0 Å². The Kier molecular flexibility index (Phi) is 5.71. The average Bonchev–Trinajstić information content (AvgIpc) is 3.06. The molecule has 3 rings (SSSR count). The molecular weight excluding hydrogens is 336 g/mol. The average molecular weight is 358 g/mol. The molecule has 0 aliphatic carbocycles. The highest BCUT2D eigenvalue weighted by atomic mass is 32.1. The molecule has 132 valence electrons. The lowest BCUT2D eigenvalue weighted by Crippen LogP contribution is -2.37. The zero-order chi connectivity index (χ0) is 17.6. The van der Waals surface area contributed by atoms with Gasteiger partial charge >= 0.3 is 0 Å². The molecule has 0 N–H and O–H groups in total. The summed E-state index contributed by atoms with van der Waals surface area (Å²) in [6.07, 6.45) is 0.792. The lowest BCUT2D eigenvalue weighted by molar-refractivity contribution is 0.0721. The van der Waals surface area contributed by atoms with Gasteiger partial charge in [0, 0.05) is 31.7 Å². The first-order chi connectivity index (χ1) is 12.2. The third kappa shape index (κ3) is 4.20. The van der Waals surface area contributed by atoms with Gasteiger partial charge in [-0.2, -0.15) is 0 Å². The molecule has 2 amide bonds. The van der Waals surface area contributed by atoms with Crippen LogP contribution in [0, 0.1) is 0 Å². The van der Waals surface area contributed by atoms with Gasteiger partial charge in [0.15, 0.2) is 0 Å². The van der Waals surface area contributed by atoms with Crippen molar-refractivity contribution in [2.24, 2.45) is 0 Å². The minimum Gasteiger partial charge on any atom is -0.494 e. The molecule has 0 atom stereocenters. The van der Waals surface area contributed by atoms with Crippen LogP contribution in [0.5, 0.6) is 5.75 Å². The lowest BCUT2D eigenvalue weighted by Gasteiger charge is -2.22. The summed E-state index contributed by atoms with van der Waals surface area (Å²) in [5, 5.41) is 1.91. The van der Waals surface area contributed by atoms with Gasteiger partial charge in [0.25, 0.3) is 11.8 Å². The number of benzene rings is 1. The van der Waals surface area contributed by atoms with Crippen LogP contribution in [0.4, 0.5) is 0 Å². The summed E-state index contributed by atoms with van der Waals surface area (Å²) in [5.74, 6) is 0.835. The summed E-state index contributed by atoms with van der Waals surface area (Å²) in [7, 11) is 0.